The van der Waals surface area contributed by atoms with Crippen molar-refractivity contribution < 1.29 is 9.15 Å². The first-order chi connectivity index (χ1) is 11.3. The van der Waals surface area contributed by atoms with E-state index >= 15 is 0 Å². The van der Waals surface area contributed by atoms with E-state index in [4.69, 9.17) is 9.15 Å². The molecule has 1 saturated carbocycles. The predicted octanol–water partition coefficient (Wildman–Crippen LogP) is 2.42. The molecule has 2 aliphatic rings. The van der Waals surface area contributed by atoms with Crippen LogP contribution < -0.4 is 0 Å². The molecule has 124 valence electrons. The van der Waals surface area contributed by atoms with Gasteiger partial charge in [0.05, 0.1) is 30.9 Å². The highest BCUT2D eigenvalue weighted by atomic mass is 16.5. The maximum absolute atomic E-state index is 6.00. The molecule has 2 aromatic heterocycles. The van der Waals surface area contributed by atoms with Gasteiger partial charge in [-0.25, -0.2) is 4.68 Å². The van der Waals surface area contributed by atoms with Gasteiger partial charge in [0.15, 0.2) is 0 Å². The Morgan fingerprint density at radius 3 is 3.00 bits per heavy atom. The number of rotatable bonds is 7. The van der Waals surface area contributed by atoms with Gasteiger partial charge < -0.3 is 9.15 Å². The molecule has 1 aliphatic carbocycles. The Morgan fingerprint density at radius 2 is 2.26 bits per heavy atom. The molecule has 0 spiro atoms. The third kappa shape index (κ3) is 3.19. The zero-order valence-corrected chi connectivity index (χ0v) is 13.6. The lowest BCUT2D eigenvalue weighted by Crippen LogP contribution is -2.38. The minimum Gasteiger partial charge on any atom is -0.472 e. The van der Waals surface area contributed by atoms with E-state index in [1.165, 1.54) is 24.1 Å². The Kier molecular flexibility index (Phi) is 4.18. The molecule has 2 aromatic rings. The molecule has 1 atom stereocenters. The first-order valence-corrected chi connectivity index (χ1v) is 8.60. The molecule has 1 aliphatic heterocycles. The Balaban J connectivity index is 1.52. The van der Waals surface area contributed by atoms with Crippen molar-refractivity contribution in [2.45, 2.75) is 45.3 Å². The number of hydrogen-bond donors (Lipinski definition) is 0. The van der Waals surface area contributed by atoms with Gasteiger partial charge in [-0.1, -0.05) is 5.21 Å². The molecule has 0 radical (unpaired) electrons. The number of aromatic nitrogens is 3. The highest BCUT2D eigenvalue weighted by Crippen LogP contribution is 2.32. The average molecular weight is 316 g/mol. The summed E-state index contributed by atoms with van der Waals surface area (Å²) >= 11 is 0. The molecule has 1 fully saturated rings. The molecule has 0 amide bonds. The smallest absolute Gasteiger partial charge is 0.105 e. The maximum atomic E-state index is 6.00. The standard InChI is InChI=1S/C17H24N4O2/c1-2-21-15-5-7-20(9-14-6-8-22-11-14)16(17(15)18-19-21)12-23-10-13-3-4-13/h6,8,11,13,16H,2-5,7,9-10,12H2,1H3/t16-/m0/s1. The van der Waals surface area contributed by atoms with Gasteiger partial charge >= 0.3 is 0 Å². The monoisotopic (exact) mass is 316 g/mol. The third-order valence-electron chi connectivity index (χ3n) is 4.85. The Labute approximate surface area is 136 Å². The lowest BCUT2D eigenvalue weighted by Gasteiger charge is -2.34. The van der Waals surface area contributed by atoms with Crippen LogP contribution in [0.3, 0.4) is 0 Å². The quantitative estimate of drug-likeness (QED) is 0.785. The summed E-state index contributed by atoms with van der Waals surface area (Å²) in [5.74, 6) is 0.784. The number of aryl methyl sites for hydroxylation is 1. The highest BCUT2D eigenvalue weighted by Gasteiger charge is 2.33. The summed E-state index contributed by atoms with van der Waals surface area (Å²) in [5, 5.41) is 8.79. The second-order valence-corrected chi connectivity index (χ2v) is 6.59. The molecule has 0 aromatic carbocycles. The highest BCUT2D eigenvalue weighted by molar-refractivity contribution is 5.20. The summed E-state index contributed by atoms with van der Waals surface area (Å²) in [6.07, 6.45) is 7.19. The summed E-state index contributed by atoms with van der Waals surface area (Å²) < 4.78 is 13.2. The Morgan fingerprint density at radius 1 is 1.35 bits per heavy atom. The fraction of sp³-hybridized carbons (Fsp3) is 0.647. The lowest BCUT2D eigenvalue weighted by molar-refractivity contribution is 0.0424. The molecule has 0 N–H and O–H groups in total. The van der Waals surface area contributed by atoms with Crippen molar-refractivity contribution in [1.82, 2.24) is 19.9 Å². The van der Waals surface area contributed by atoms with Gasteiger partial charge in [0.2, 0.25) is 0 Å². The van der Waals surface area contributed by atoms with Crippen molar-refractivity contribution in [3.63, 3.8) is 0 Å². The average Bonchev–Trinajstić information content (AvgIpc) is 3.08. The predicted molar refractivity (Wildman–Crippen MR) is 84.8 cm³/mol. The van der Waals surface area contributed by atoms with Crippen LogP contribution >= 0.6 is 0 Å². The SMILES string of the molecule is CCn1nnc2c1CCN(Cc1ccoc1)[C@H]2COCC1CC1. The van der Waals surface area contributed by atoms with Crippen LogP contribution in [0.15, 0.2) is 23.0 Å². The van der Waals surface area contributed by atoms with Crippen LogP contribution in [0.1, 0.15) is 42.8 Å². The van der Waals surface area contributed by atoms with E-state index in [0.717, 1.165) is 44.3 Å². The van der Waals surface area contributed by atoms with Gasteiger partial charge in [0, 0.05) is 38.2 Å². The van der Waals surface area contributed by atoms with Gasteiger partial charge in [-0.15, -0.1) is 5.10 Å². The van der Waals surface area contributed by atoms with Crippen molar-refractivity contribution in [2.24, 2.45) is 5.92 Å². The fourth-order valence-electron chi connectivity index (χ4n) is 3.32. The molecule has 3 heterocycles. The second-order valence-electron chi connectivity index (χ2n) is 6.59. The first kappa shape index (κ1) is 14.9. The summed E-state index contributed by atoms with van der Waals surface area (Å²) in [6.45, 7) is 6.44. The van der Waals surface area contributed by atoms with Crippen molar-refractivity contribution >= 4 is 0 Å². The van der Waals surface area contributed by atoms with E-state index in [1.807, 2.05) is 17.0 Å². The van der Waals surface area contributed by atoms with E-state index < -0.39 is 0 Å². The topological polar surface area (TPSA) is 56.3 Å². The van der Waals surface area contributed by atoms with E-state index in [9.17, 15) is 0 Å². The first-order valence-electron chi connectivity index (χ1n) is 8.60. The number of nitrogens with zero attached hydrogens (tertiary/aromatic N) is 4. The lowest BCUT2D eigenvalue weighted by atomic mass is 10.0. The summed E-state index contributed by atoms with van der Waals surface area (Å²) in [7, 11) is 0. The summed E-state index contributed by atoms with van der Waals surface area (Å²) in [6, 6.07) is 2.22. The van der Waals surface area contributed by atoms with Gasteiger partial charge in [-0.05, 0) is 31.7 Å². The zero-order chi connectivity index (χ0) is 15.6. The normalized spacial score (nSPS) is 21.5. The van der Waals surface area contributed by atoms with Crippen LogP contribution in [-0.2, 0) is 24.2 Å². The minimum atomic E-state index is 0.188. The number of fused-ring (bicyclic) bond motifs is 1. The second kappa shape index (κ2) is 6.45. The molecule has 0 saturated heterocycles. The van der Waals surface area contributed by atoms with Crippen LogP contribution in [0.5, 0.6) is 0 Å². The Hall–Kier alpha value is -1.66. The largest absolute Gasteiger partial charge is 0.472 e. The summed E-state index contributed by atoms with van der Waals surface area (Å²) in [5.41, 5.74) is 3.57. The van der Waals surface area contributed by atoms with Crippen molar-refractivity contribution in [1.29, 1.82) is 0 Å². The van der Waals surface area contributed by atoms with Crippen molar-refractivity contribution in [3.8, 4) is 0 Å². The van der Waals surface area contributed by atoms with Crippen LogP contribution in [0, 0.1) is 5.92 Å². The van der Waals surface area contributed by atoms with Crippen LogP contribution in [0.25, 0.3) is 0 Å². The van der Waals surface area contributed by atoms with Crippen LogP contribution in [0.4, 0.5) is 0 Å². The summed E-state index contributed by atoms with van der Waals surface area (Å²) in [4.78, 5) is 2.44. The number of furan rings is 1. The third-order valence-corrected chi connectivity index (χ3v) is 4.85. The number of ether oxygens (including phenoxy) is 1. The molecular weight excluding hydrogens is 292 g/mol. The van der Waals surface area contributed by atoms with E-state index in [2.05, 4.69) is 22.1 Å². The Bertz CT molecular complexity index is 633. The van der Waals surface area contributed by atoms with Gasteiger partial charge in [-0.2, -0.15) is 0 Å². The van der Waals surface area contributed by atoms with Gasteiger partial charge in [0.1, 0.15) is 5.69 Å². The minimum absolute atomic E-state index is 0.188. The molecule has 4 rings (SSSR count). The molecular formula is C17H24N4O2. The van der Waals surface area contributed by atoms with E-state index in [1.54, 1.807) is 6.26 Å². The number of hydrogen-bond acceptors (Lipinski definition) is 5. The van der Waals surface area contributed by atoms with Crippen LogP contribution in [0.2, 0.25) is 0 Å². The van der Waals surface area contributed by atoms with E-state index in [0.29, 0.717) is 6.61 Å². The van der Waals surface area contributed by atoms with Crippen molar-refractivity contribution in [2.75, 3.05) is 19.8 Å². The molecule has 6 heteroatoms. The molecule has 0 bridgehead atoms. The molecule has 6 nitrogen and oxygen atoms in total. The van der Waals surface area contributed by atoms with Gasteiger partial charge in [-0.3, -0.25) is 4.90 Å². The van der Waals surface area contributed by atoms with Crippen molar-refractivity contribution in [3.05, 3.63) is 35.5 Å². The zero-order valence-electron chi connectivity index (χ0n) is 13.6. The van der Waals surface area contributed by atoms with Gasteiger partial charge in [0.25, 0.3) is 0 Å². The maximum Gasteiger partial charge on any atom is 0.105 e. The molecule has 23 heavy (non-hydrogen) atoms. The molecule has 0 unspecified atom stereocenters. The van der Waals surface area contributed by atoms with E-state index in [-0.39, 0.29) is 6.04 Å². The van der Waals surface area contributed by atoms with Crippen LogP contribution in [-0.4, -0.2) is 39.7 Å². The fourth-order valence-corrected chi connectivity index (χ4v) is 3.32.